The molecule has 7 heteroatoms. The van der Waals surface area contributed by atoms with Crippen LogP contribution in [0.4, 0.5) is 0 Å². The molecule has 7 nitrogen and oxygen atoms in total. The smallest absolute Gasteiger partial charge is 0.252 e. The van der Waals surface area contributed by atoms with Crippen molar-refractivity contribution in [2.75, 3.05) is 0 Å². The van der Waals surface area contributed by atoms with E-state index in [0.29, 0.717) is 19.6 Å². The number of tetrazole rings is 1. The van der Waals surface area contributed by atoms with E-state index in [1.807, 2.05) is 22.9 Å². The van der Waals surface area contributed by atoms with Crippen molar-refractivity contribution < 1.29 is 0 Å². The van der Waals surface area contributed by atoms with Crippen LogP contribution in [0.15, 0.2) is 83.7 Å². The van der Waals surface area contributed by atoms with Gasteiger partial charge in [0.2, 0.25) is 0 Å². The first-order chi connectivity index (χ1) is 19.0. The minimum Gasteiger partial charge on any atom is -0.322 e. The summed E-state index contributed by atoms with van der Waals surface area (Å²) in [5, 5.41) is 13.9. The van der Waals surface area contributed by atoms with Gasteiger partial charge in [-0.25, -0.2) is 4.68 Å². The Morgan fingerprint density at radius 1 is 0.897 bits per heavy atom. The average molecular weight is 521 g/mol. The molecule has 0 fully saturated rings. The average Bonchev–Trinajstić information content (AvgIpc) is 3.42. The van der Waals surface area contributed by atoms with Crippen molar-refractivity contribution in [3.8, 4) is 0 Å². The third-order valence-corrected chi connectivity index (χ3v) is 7.41. The summed E-state index contributed by atoms with van der Waals surface area (Å²) >= 11 is 0. The van der Waals surface area contributed by atoms with Gasteiger partial charge in [0, 0.05) is 30.7 Å². The van der Waals surface area contributed by atoms with Crippen molar-refractivity contribution in [1.82, 2.24) is 30.1 Å². The number of benzene rings is 3. The molecule has 0 bridgehead atoms. The first-order valence-corrected chi connectivity index (χ1v) is 13.8. The van der Waals surface area contributed by atoms with Gasteiger partial charge in [-0.1, -0.05) is 80.1 Å². The van der Waals surface area contributed by atoms with E-state index >= 15 is 0 Å². The molecule has 0 spiro atoms. The summed E-state index contributed by atoms with van der Waals surface area (Å²) in [4.78, 5) is 18.6. The number of aryl methyl sites for hydroxylation is 4. The summed E-state index contributed by atoms with van der Waals surface area (Å²) in [7, 11) is 0. The summed E-state index contributed by atoms with van der Waals surface area (Å²) in [5.74, 6) is 0.825. The molecule has 0 saturated carbocycles. The zero-order chi connectivity index (χ0) is 27.2. The highest BCUT2D eigenvalue weighted by atomic mass is 16.1. The van der Waals surface area contributed by atoms with Crippen LogP contribution in [0.5, 0.6) is 0 Å². The van der Waals surface area contributed by atoms with Gasteiger partial charge in [0.15, 0.2) is 5.82 Å². The number of rotatable bonds is 11. The molecule has 3 aromatic carbocycles. The minimum absolute atomic E-state index is 0.0563. The van der Waals surface area contributed by atoms with Gasteiger partial charge in [-0.15, -0.1) is 5.10 Å². The molecule has 0 aliphatic heterocycles. The quantitative estimate of drug-likeness (QED) is 0.239. The summed E-state index contributed by atoms with van der Waals surface area (Å²) in [6.07, 6.45) is 2.61. The van der Waals surface area contributed by atoms with E-state index in [0.717, 1.165) is 41.6 Å². The van der Waals surface area contributed by atoms with Crippen LogP contribution in [0.1, 0.15) is 60.0 Å². The topological polar surface area (TPSA) is 79.7 Å². The van der Waals surface area contributed by atoms with Crippen molar-refractivity contribution in [1.29, 1.82) is 0 Å². The van der Waals surface area contributed by atoms with Gasteiger partial charge in [0.25, 0.3) is 5.56 Å². The Morgan fingerprint density at radius 2 is 1.67 bits per heavy atom. The molecule has 0 unspecified atom stereocenters. The summed E-state index contributed by atoms with van der Waals surface area (Å²) in [6, 6.07) is 27.2. The van der Waals surface area contributed by atoms with Gasteiger partial charge >= 0.3 is 0 Å². The lowest BCUT2D eigenvalue weighted by Crippen LogP contribution is -2.32. The second kappa shape index (κ2) is 12.2. The number of hydrogen-bond acceptors (Lipinski definition) is 5. The molecule has 2 heterocycles. The first kappa shape index (κ1) is 26.5. The predicted octanol–water partition coefficient (Wildman–Crippen LogP) is 5.78. The maximum Gasteiger partial charge on any atom is 0.252 e. The lowest BCUT2D eigenvalue weighted by Gasteiger charge is -2.30. The molecule has 0 aliphatic rings. The molecule has 200 valence electrons. The lowest BCUT2D eigenvalue weighted by atomic mass is 10.0. The lowest BCUT2D eigenvalue weighted by molar-refractivity contribution is 0.160. The van der Waals surface area contributed by atoms with Crippen molar-refractivity contribution in [3.63, 3.8) is 0 Å². The molecule has 0 amide bonds. The Kier molecular flexibility index (Phi) is 8.27. The maximum atomic E-state index is 13.2. The molecule has 2 aromatic heterocycles. The van der Waals surface area contributed by atoms with Gasteiger partial charge in [-0.2, -0.15) is 0 Å². The highest BCUT2D eigenvalue weighted by Crippen LogP contribution is 2.27. The third kappa shape index (κ3) is 6.32. The van der Waals surface area contributed by atoms with Crippen LogP contribution in [-0.4, -0.2) is 30.1 Å². The molecule has 0 aliphatic carbocycles. The molecule has 1 atom stereocenters. The normalized spacial score (nSPS) is 12.3. The fourth-order valence-electron chi connectivity index (χ4n) is 5.15. The third-order valence-electron chi connectivity index (χ3n) is 7.41. The number of aromatic amines is 1. The number of pyridine rings is 1. The second-order valence-electron chi connectivity index (χ2n) is 10.2. The number of fused-ring (bicyclic) bond motifs is 1. The van der Waals surface area contributed by atoms with Crippen molar-refractivity contribution >= 4 is 10.9 Å². The van der Waals surface area contributed by atoms with Gasteiger partial charge < -0.3 is 4.98 Å². The zero-order valence-electron chi connectivity index (χ0n) is 23.0. The highest BCUT2D eigenvalue weighted by molar-refractivity contribution is 5.79. The first-order valence-electron chi connectivity index (χ1n) is 13.8. The van der Waals surface area contributed by atoms with Crippen LogP contribution in [0.25, 0.3) is 10.9 Å². The summed E-state index contributed by atoms with van der Waals surface area (Å²) in [6.45, 7) is 8.25. The van der Waals surface area contributed by atoms with E-state index in [2.05, 4.69) is 107 Å². The molecule has 0 saturated heterocycles. The van der Waals surface area contributed by atoms with E-state index in [9.17, 15) is 4.79 Å². The van der Waals surface area contributed by atoms with Crippen LogP contribution in [-0.2, 0) is 32.5 Å². The fourth-order valence-corrected chi connectivity index (χ4v) is 5.15. The van der Waals surface area contributed by atoms with Gasteiger partial charge in [-0.05, 0) is 76.9 Å². The molecule has 0 radical (unpaired) electrons. The Bertz CT molecular complexity index is 1570. The predicted molar refractivity (Wildman–Crippen MR) is 155 cm³/mol. The Balaban J connectivity index is 1.48. The molecule has 5 aromatic rings. The van der Waals surface area contributed by atoms with Crippen molar-refractivity contribution in [3.05, 3.63) is 123 Å². The van der Waals surface area contributed by atoms with Gasteiger partial charge in [0.1, 0.15) is 0 Å². The number of aromatic nitrogens is 5. The largest absolute Gasteiger partial charge is 0.322 e. The van der Waals surface area contributed by atoms with E-state index in [1.165, 1.54) is 22.3 Å². The highest BCUT2D eigenvalue weighted by Gasteiger charge is 2.26. The Hall–Kier alpha value is -4.10. The monoisotopic (exact) mass is 520 g/mol. The SMILES string of the molecule is CCc1ccc2[nH]c(=O)c(CN(Cc3ccc(C)cc3)[C@H](CC)c3nnnn3CCc3ccccc3)cc2c1. The van der Waals surface area contributed by atoms with Gasteiger partial charge in [-0.3, -0.25) is 9.69 Å². The summed E-state index contributed by atoms with van der Waals surface area (Å²) in [5.41, 5.74) is 6.46. The fraction of sp³-hybridized carbons (Fsp3) is 0.312. The van der Waals surface area contributed by atoms with E-state index < -0.39 is 0 Å². The van der Waals surface area contributed by atoms with Crippen LogP contribution in [0, 0.1) is 6.92 Å². The second-order valence-corrected chi connectivity index (χ2v) is 10.2. The van der Waals surface area contributed by atoms with Crippen LogP contribution in [0.2, 0.25) is 0 Å². The zero-order valence-corrected chi connectivity index (χ0v) is 23.0. The number of hydrogen-bond donors (Lipinski definition) is 1. The van der Waals surface area contributed by atoms with E-state index in [1.54, 1.807) is 0 Å². The van der Waals surface area contributed by atoms with E-state index in [-0.39, 0.29) is 11.6 Å². The number of nitrogens with one attached hydrogen (secondary N) is 1. The number of H-pyrrole nitrogens is 1. The van der Waals surface area contributed by atoms with Gasteiger partial charge in [0.05, 0.1) is 6.04 Å². The van der Waals surface area contributed by atoms with E-state index in [4.69, 9.17) is 0 Å². The maximum absolute atomic E-state index is 13.2. The minimum atomic E-state index is -0.0610. The van der Waals surface area contributed by atoms with Crippen LogP contribution >= 0.6 is 0 Å². The number of nitrogens with zero attached hydrogens (tertiary/aromatic N) is 5. The molecule has 5 rings (SSSR count). The molecule has 1 N–H and O–H groups in total. The molecule has 39 heavy (non-hydrogen) atoms. The Morgan fingerprint density at radius 3 is 2.41 bits per heavy atom. The molecular formula is C32H36N6O. The standard InChI is InChI=1S/C32H36N6O/c1-4-24-15-16-29-27(19-24)20-28(32(39)33-29)22-37(21-26-13-11-23(3)12-14-26)30(5-2)31-34-35-36-38(31)18-17-25-9-7-6-8-10-25/h6-16,19-20,30H,4-5,17-18,21-22H2,1-3H3,(H,33,39)/t30-/m1/s1. The van der Waals surface area contributed by atoms with Crippen molar-refractivity contribution in [2.24, 2.45) is 0 Å². The molecular weight excluding hydrogens is 484 g/mol. The van der Waals surface area contributed by atoms with Crippen LogP contribution < -0.4 is 5.56 Å². The van der Waals surface area contributed by atoms with Crippen molar-refractivity contribution in [2.45, 2.75) is 65.7 Å². The summed E-state index contributed by atoms with van der Waals surface area (Å²) < 4.78 is 1.92. The van der Waals surface area contributed by atoms with Crippen LogP contribution in [0.3, 0.4) is 0 Å². The Labute approximate surface area is 229 Å².